The number of ether oxygens (including phenoxy) is 2. The van der Waals surface area contributed by atoms with E-state index in [9.17, 15) is 18.4 Å². The van der Waals surface area contributed by atoms with Gasteiger partial charge in [0, 0.05) is 23.6 Å². The molecule has 1 aliphatic heterocycles. The summed E-state index contributed by atoms with van der Waals surface area (Å²) in [5.41, 5.74) is 1.54. The van der Waals surface area contributed by atoms with Crippen molar-refractivity contribution in [3.8, 4) is 5.75 Å². The Kier molecular flexibility index (Phi) is 8.17. The average Bonchev–Trinajstić information content (AvgIpc) is 3.27. The first-order valence-corrected chi connectivity index (χ1v) is 10.4. The SMILES string of the molecule is CCOC(=O)CNC(=O)N(Cc1ccc(F)cc1F)CC1CC(c2ccccc2OC)=NO1. The highest BCUT2D eigenvalue weighted by molar-refractivity contribution is 6.03. The van der Waals surface area contributed by atoms with Crippen molar-refractivity contribution in [3.05, 3.63) is 65.2 Å². The van der Waals surface area contributed by atoms with Gasteiger partial charge < -0.3 is 24.5 Å². The highest BCUT2D eigenvalue weighted by Crippen LogP contribution is 2.25. The molecule has 0 bridgehead atoms. The van der Waals surface area contributed by atoms with Gasteiger partial charge in [-0.1, -0.05) is 23.4 Å². The molecule has 0 fully saturated rings. The maximum absolute atomic E-state index is 14.2. The molecule has 0 aliphatic carbocycles. The van der Waals surface area contributed by atoms with Crippen LogP contribution in [0.4, 0.5) is 13.6 Å². The maximum atomic E-state index is 14.2. The van der Waals surface area contributed by atoms with E-state index in [0.29, 0.717) is 17.9 Å². The third-order valence-corrected chi connectivity index (χ3v) is 4.93. The highest BCUT2D eigenvalue weighted by Gasteiger charge is 2.28. The lowest BCUT2D eigenvalue weighted by Gasteiger charge is -2.25. The van der Waals surface area contributed by atoms with Gasteiger partial charge >= 0.3 is 12.0 Å². The molecule has 8 nitrogen and oxygen atoms in total. The number of hydrogen-bond acceptors (Lipinski definition) is 6. The van der Waals surface area contributed by atoms with Crippen LogP contribution in [0.25, 0.3) is 0 Å². The zero-order chi connectivity index (χ0) is 23.8. The molecule has 1 atom stereocenters. The van der Waals surface area contributed by atoms with Crippen molar-refractivity contribution >= 4 is 17.7 Å². The van der Waals surface area contributed by atoms with E-state index in [1.807, 2.05) is 18.2 Å². The number of hydrogen-bond donors (Lipinski definition) is 1. The van der Waals surface area contributed by atoms with Gasteiger partial charge in [-0.15, -0.1) is 0 Å². The van der Waals surface area contributed by atoms with Crippen LogP contribution in [-0.2, 0) is 20.9 Å². The molecule has 2 aromatic rings. The molecule has 0 aromatic heterocycles. The number of nitrogens with zero attached hydrogens (tertiary/aromatic N) is 2. The van der Waals surface area contributed by atoms with Crippen LogP contribution in [0.15, 0.2) is 47.6 Å². The molecular formula is C23H25F2N3O5. The molecule has 176 valence electrons. The van der Waals surface area contributed by atoms with Crippen LogP contribution in [-0.4, -0.2) is 55.5 Å². The van der Waals surface area contributed by atoms with E-state index in [2.05, 4.69) is 10.5 Å². The fraction of sp³-hybridized carbons (Fsp3) is 0.348. The second-order valence-corrected chi connectivity index (χ2v) is 7.25. The lowest BCUT2D eigenvalue weighted by Crippen LogP contribution is -2.45. The first-order valence-electron chi connectivity index (χ1n) is 10.4. The Morgan fingerprint density at radius 2 is 2.03 bits per heavy atom. The standard InChI is InChI=1S/C23H25F2N3O5/c1-3-32-22(29)12-26-23(30)28(13-15-8-9-16(24)10-19(15)25)14-17-11-20(27-33-17)18-6-4-5-7-21(18)31-2/h4-10,17H,3,11-14H2,1-2H3,(H,26,30). The van der Waals surface area contributed by atoms with Crippen molar-refractivity contribution in [1.82, 2.24) is 10.2 Å². The van der Waals surface area contributed by atoms with Gasteiger partial charge in [0.1, 0.15) is 23.9 Å². The Morgan fingerprint density at radius 3 is 2.76 bits per heavy atom. The van der Waals surface area contributed by atoms with E-state index >= 15 is 0 Å². The van der Waals surface area contributed by atoms with Crippen molar-refractivity contribution in [3.63, 3.8) is 0 Å². The minimum Gasteiger partial charge on any atom is -0.496 e. The number of amides is 2. The smallest absolute Gasteiger partial charge is 0.325 e. The van der Waals surface area contributed by atoms with Crippen LogP contribution in [0.5, 0.6) is 5.75 Å². The topological polar surface area (TPSA) is 89.5 Å². The molecule has 1 N–H and O–H groups in total. The molecule has 3 rings (SSSR count). The molecule has 33 heavy (non-hydrogen) atoms. The predicted octanol–water partition coefficient (Wildman–Crippen LogP) is 3.24. The summed E-state index contributed by atoms with van der Waals surface area (Å²) in [6, 6.07) is 9.84. The van der Waals surface area contributed by atoms with Crippen LogP contribution >= 0.6 is 0 Å². The first kappa shape index (κ1) is 24.0. The van der Waals surface area contributed by atoms with Gasteiger partial charge in [-0.2, -0.15) is 0 Å². The zero-order valence-electron chi connectivity index (χ0n) is 18.3. The van der Waals surface area contributed by atoms with Crippen molar-refractivity contribution in [2.24, 2.45) is 5.16 Å². The third kappa shape index (κ3) is 6.41. The van der Waals surface area contributed by atoms with E-state index in [-0.39, 0.29) is 31.8 Å². The lowest BCUT2D eigenvalue weighted by atomic mass is 10.0. The average molecular weight is 461 g/mol. The molecule has 0 radical (unpaired) electrons. The predicted molar refractivity (Wildman–Crippen MR) is 116 cm³/mol. The normalized spacial score (nSPS) is 14.8. The second-order valence-electron chi connectivity index (χ2n) is 7.25. The molecule has 2 aromatic carbocycles. The number of oxime groups is 1. The van der Waals surface area contributed by atoms with Crippen molar-refractivity contribution in [1.29, 1.82) is 0 Å². The molecule has 1 unspecified atom stereocenters. The van der Waals surface area contributed by atoms with E-state index in [4.69, 9.17) is 14.3 Å². The number of methoxy groups -OCH3 is 1. The Hall–Kier alpha value is -3.69. The number of carbonyl (C=O) groups is 2. The summed E-state index contributed by atoms with van der Waals surface area (Å²) < 4.78 is 37.7. The molecule has 0 saturated heterocycles. The Morgan fingerprint density at radius 1 is 1.24 bits per heavy atom. The van der Waals surface area contributed by atoms with Crippen LogP contribution in [0, 0.1) is 11.6 Å². The van der Waals surface area contributed by atoms with Gasteiger partial charge in [0.2, 0.25) is 0 Å². The molecular weight excluding hydrogens is 436 g/mol. The number of nitrogens with one attached hydrogen (secondary N) is 1. The van der Waals surface area contributed by atoms with Gasteiger partial charge in [0.05, 0.1) is 32.5 Å². The van der Waals surface area contributed by atoms with Crippen LogP contribution in [0.1, 0.15) is 24.5 Å². The molecule has 0 saturated carbocycles. The highest BCUT2D eigenvalue weighted by atomic mass is 19.1. The van der Waals surface area contributed by atoms with E-state index < -0.39 is 29.7 Å². The van der Waals surface area contributed by atoms with E-state index in [0.717, 1.165) is 17.7 Å². The summed E-state index contributed by atoms with van der Waals surface area (Å²) in [6.45, 7) is 1.38. The van der Waals surface area contributed by atoms with Crippen LogP contribution < -0.4 is 10.1 Å². The molecule has 1 heterocycles. The summed E-state index contributed by atoms with van der Waals surface area (Å²) in [5.74, 6) is -1.46. The first-order chi connectivity index (χ1) is 15.9. The van der Waals surface area contributed by atoms with Gasteiger partial charge in [0.25, 0.3) is 0 Å². The summed E-state index contributed by atoms with van der Waals surface area (Å²) >= 11 is 0. The quantitative estimate of drug-likeness (QED) is 0.579. The fourth-order valence-electron chi connectivity index (χ4n) is 3.36. The Bertz CT molecular complexity index is 1030. The van der Waals surface area contributed by atoms with Crippen LogP contribution in [0.3, 0.4) is 0 Å². The maximum Gasteiger partial charge on any atom is 0.325 e. The minimum atomic E-state index is -0.781. The van der Waals surface area contributed by atoms with Gasteiger partial charge in [-0.25, -0.2) is 13.6 Å². The number of carbonyl (C=O) groups excluding carboxylic acids is 2. The van der Waals surface area contributed by atoms with Crippen molar-refractivity contribution in [2.45, 2.75) is 26.0 Å². The molecule has 0 spiro atoms. The monoisotopic (exact) mass is 461 g/mol. The van der Waals surface area contributed by atoms with E-state index in [1.165, 1.54) is 11.0 Å². The summed E-state index contributed by atoms with van der Waals surface area (Å²) in [6.07, 6.45) is -0.129. The zero-order valence-corrected chi connectivity index (χ0v) is 18.3. The van der Waals surface area contributed by atoms with Crippen molar-refractivity contribution < 1.29 is 32.7 Å². The largest absolute Gasteiger partial charge is 0.496 e. The van der Waals surface area contributed by atoms with Crippen LogP contribution in [0.2, 0.25) is 0 Å². The number of halogens is 2. The summed E-state index contributed by atoms with van der Waals surface area (Å²) in [5, 5.41) is 6.58. The van der Waals surface area contributed by atoms with E-state index in [1.54, 1.807) is 20.1 Å². The fourth-order valence-corrected chi connectivity index (χ4v) is 3.36. The minimum absolute atomic E-state index is 0.0492. The Labute approximate surface area is 190 Å². The Balaban J connectivity index is 1.71. The van der Waals surface area contributed by atoms with Crippen molar-refractivity contribution in [2.75, 3.05) is 26.8 Å². The summed E-state index contributed by atoms with van der Waals surface area (Å²) in [4.78, 5) is 31.2. The number of esters is 1. The van der Waals surface area contributed by atoms with Gasteiger partial charge in [-0.05, 0) is 25.1 Å². The number of rotatable bonds is 9. The number of para-hydroxylation sites is 1. The lowest BCUT2D eigenvalue weighted by molar-refractivity contribution is -0.141. The second kappa shape index (κ2) is 11.3. The summed E-state index contributed by atoms with van der Waals surface area (Å²) in [7, 11) is 1.56. The van der Waals surface area contributed by atoms with Gasteiger partial charge in [-0.3, -0.25) is 4.79 Å². The number of urea groups is 1. The molecule has 2 amide bonds. The molecule has 1 aliphatic rings. The molecule has 10 heteroatoms. The number of benzene rings is 2. The third-order valence-electron chi connectivity index (χ3n) is 4.93. The van der Waals surface area contributed by atoms with Gasteiger partial charge in [0.15, 0.2) is 6.10 Å².